The zero-order chi connectivity index (χ0) is 18.7. The standard InChI is InChI=1S/C19H18N4O3/c1-23-17(11-16(22-23)12-5-9-15(26-2)10-6-12)19(25)21-14-7-3-13(4-8-14)18(20)24/h3-11H,1-2H3,(H2,20,24)(H,21,25). The number of rotatable bonds is 5. The van der Waals surface area contributed by atoms with Crippen molar-refractivity contribution in [3.63, 3.8) is 0 Å². The van der Waals surface area contributed by atoms with Gasteiger partial charge in [-0.15, -0.1) is 0 Å². The minimum absolute atomic E-state index is 0.299. The molecular formula is C19H18N4O3. The van der Waals surface area contributed by atoms with Crippen molar-refractivity contribution < 1.29 is 14.3 Å². The van der Waals surface area contributed by atoms with Crippen molar-refractivity contribution in [2.24, 2.45) is 12.8 Å². The number of ether oxygens (including phenoxy) is 1. The lowest BCUT2D eigenvalue weighted by Crippen LogP contribution is -2.16. The summed E-state index contributed by atoms with van der Waals surface area (Å²) in [6.07, 6.45) is 0. The van der Waals surface area contributed by atoms with Crippen molar-refractivity contribution >= 4 is 17.5 Å². The van der Waals surface area contributed by atoms with Gasteiger partial charge in [-0.05, 0) is 54.6 Å². The normalized spacial score (nSPS) is 10.4. The third kappa shape index (κ3) is 3.56. The van der Waals surface area contributed by atoms with E-state index < -0.39 is 5.91 Å². The summed E-state index contributed by atoms with van der Waals surface area (Å²) in [5, 5.41) is 7.17. The van der Waals surface area contributed by atoms with Gasteiger partial charge in [0.25, 0.3) is 5.91 Å². The largest absolute Gasteiger partial charge is 0.497 e. The fraction of sp³-hybridized carbons (Fsp3) is 0.105. The van der Waals surface area contributed by atoms with Crippen LogP contribution in [0, 0.1) is 0 Å². The topological polar surface area (TPSA) is 99.2 Å². The highest BCUT2D eigenvalue weighted by Gasteiger charge is 2.15. The van der Waals surface area contributed by atoms with E-state index in [1.807, 2.05) is 24.3 Å². The molecule has 0 saturated carbocycles. The maximum Gasteiger partial charge on any atom is 0.273 e. The number of methoxy groups -OCH3 is 1. The van der Waals surface area contributed by atoms with Crippen molar-refractivity contribution in [2.45, 2.75) is 0 Å². The number of aryl methyl sites for hydroxylation is 1. The summed E-state index contributed by atoms with van der Waals surface area (Å²) in [5.74, 6) is -0.0627. The van der Waals surface area contributed by atoms with Crippen LogP contribution in [0.1, 0.15) is 20.8 Å². The molecule has 7 heteroatoms. The molecule has 0 unspecified atom stereocenters. The van der Waals surface area contributed by atoms with E-state index in [4.69, 9.17) is 10.5 Å². The van der Waals surface area contributed by atoms with Crippen LogP contribution in [0.4, 0.5) is 5.69 Å². The van der Waals surface area contributed by atoms with E-state index in [9.17, 15) is 9.59 Å². The highest BCUT2D eigenvalue weighted by molar-refractivity contribution is 6.04. The Balaban J connectivity index is 1.79. The van der Waals surface area contributed by atoms with Crippen LogP contribution in [0.5, 0.6) is 5.75 Å². The fourth-order valence-electron chi connectivity index (χ4n) is 2.50. The number of nitrogens with zero attached hydrogens (tertiary/aromatic N) is 2. The van der Waals surface area contributed by atoms with Crippen LogP contribution in [0.15, 0.2) is 54.6 Å². The molecule has 3 rings (SSSR count). The quantitative estimate of drug-likeness (QED) is 0.738. The summed E-state index contributed by atoms with van der Waals surface area (Å²) >= 11 is 0. The molecule has 0 fully saturated rings. The van der Waals surface area contributed by atoms with Crippen molar-refractivity contribution in [3.05, 3.63) is 65.9 Å². The van der Waals surface area contributed by atoms with Crippen molar-refractivity contribution in [1.82, 2.24) is 9.78 Å². The third-order valence-corrected chi connectivity index (χ3v) is 3.93. The van der Waals surface area contributed by atoms with Gasteiger partial charge in [-0.25, -0.2) is 0 Å². The number of amides is 2. The number of hydrogen-bond donors (Lipinski definition) is 2. The molecule has 0 radical (unpaired) electrons. The van der Waals surface area contributed by atoms with Gasteiger partial charge in [0.1, 0.15) is 11.4 Å². The summed E-state index contributed by atoms with van der Waals surface area (Å²) in [7, 11) is 3.31. The van der Waals surface area contributed by atoms with E-state index in [1.54, 1.807) is 44.5 Å². The van der Waals surface area contributed by atoms with Crippen LogP contribution in [0.25, 0.3) is 11.3 Å². The number of nitrogens with one attached hydrogen (secondary N) is 1. The highest BCUT2D eigenvalue weighted by Crippen LogP contribution is 2.22. The maximum absolute atomic E-state index is 12.5. The van der Waals surface area contributed by atoms with Gasteiger partial charge in [0.05, 0.1) is 12.8 Å². The molecule has 0 aliphatic carbocycles. The molecule has 1 heterocycles. The van der Waals surface area contributed by atoms with Gasteiger partial charge in [-0.1, -0.05) is 0 Å². The van der Waals surface area contributed by atoms with Crippen LogP contribution in [0.2, 0.25) is 0 Å². The lowest BCUT2D eigenvalue weighted by atomic mass is 10.1. The second-order valence-corrected chi connectivity index (χ2v) is 5.66. The molecule has 3 aromatic rings. The Kier molecular flexibility index (Phi) is 4.70. The molecule has 26 heavy (non-hydrogen) atoms. The van der Waals surface area contributed by atoms with E-state index in [0.29, 0.717) is 22.6 Å². The Labute approximate surface area is 150 Å². The molecule has 0 bridgehead atoms. The zero-order valence-corrected chi connectivity index (χ0v) is 14.4. The summed E-state index contributed by atoms with van der Waals surface area (Å²) in [6.45, 7) is 0. The Morgan fingerprint density at radius 3 is 2.31 bits per heavy atom. The summed E-state index contributed by atoms with van der Waals surface area (Å²) < 4.78 is 6.66. The Hall–Kier alpha value is -3.61. The minimum atomic E-state index is -0.515. The highest BCUT2D eigenvalue weighted by atomic mass is 16.5. The van der Waals surface area contributed by atoms with Crippen molar-refractivity contribution in [1.29, 1.82) is 0 Å². The number of anilines is 1. The molecular weight excluding hydrogens is 332 g/mol. The molecule has 0 atom stereocenters. The fourth-order valence-corrected chi connectivity index (χ4v) is 2.50. The number of carbonyl (C=O) groups excluding carboxylic acids is 2. The number of benzene rings is 2. The number of hydrogen-bond acceptors (Lipinski definition) is 4. The third-order valence-electron chi connectivity index (χ3n) is 3.93. The Morgan fingerprint density at radius 2 is 1.73 bits per heavy atom. The lowest BCUT2D eigenvalue weighted by molar-refractivity contribution is 0.0997. The van der Waals surface area contributed by atoms with Gasteiger partial charge < -0.3 is 15.8 Å². The monoisotopic (exact) mass is 350 g/mol. The second kappa shape index (κ2) is 7.10. The molecule has 132 valence electrons. The number of carbonyl (C=O) groups is 2. The zero-order valence-electron chi connectivity index (χ0n) is 14.4. The van der Waals surface area contributed by atoms with E-state index in [0.717, 1.165) is 11.3 Å². The summed E-state index contributed by atoms with van der Waals surface area (Å²) in [6, 6.07) is 15.5. The molecule has 0 aliphatic rings. The van der Waals surface area contributed by atoms with E-state index in [-0.39, 0.29) is 5.91 Å². The van der Waals surface area contributed by atoms with Crippen LogP contribution < -0.4 is 15.8 Å². The van der Waals surface area contributed by atoms with E-state index in [1.165, 1.54) is 4.68 Å². The molecule has 0 spiro atoms. The molecule has 0 aliphatic heterocycles. The van der Waals surface area contributed by atoms with Gasteiger partial charge in [-0.3, -0.25) is 14.3 Å². The second-order valence-electron chi connectivity index (χ2n) is 5.66. The van der Waals surface area contributed by atoms with Gasteiger partial charge in [0, 0.05) is 23.9 Å². The Morgan fingerprint density at radius 1 is 1.08 bits per heavy atom. The molecule has 0 saturated heterocycles. The van der Waals surface area contributed by atoms with E-state index in [2.05, 4.69) is 10.4 Å². The molecule has 3 N–H and O–H groups in total. The molecule has 1 aromatic heterocycles. The number of aromatic nitrogens is 2. The van der Waals surface area contributed by atoms with Gasteiger partial charge in [0.15, 0.2) is 0 Å². The van der Waals surface area contributed by atoms with Crippen molar-refractivity contribution in [2.75, 3.05) is 12.4 Å². The van der Waals surface area contributed by atoms with E-state index >= 15 is 0 Å². The average Bonchev–Trinajstić information content (AvgIpc) is 3.04. The molecule has 2 amide bonds. The van der Waals surface area contributed by atoms with Crippen molar-refractivity contribution in [3.8, 4) is 17.0 Å². The first kappa shape index (κ1) is 17.2. The number of nitrogens with two attached hydrogens (primary N) is 1. The van der Waals surface area contributed by atoms with Gasteiger partial charge in [-0.2, -0.15) is 5.10 Å². The first-order valence-electron chi connectivity index (χ1n) is 7.87. The smallest absolute Gasteiger partial charge is 0.273 e. The maximum atomic E-state index is 12.5. The van der Waals surface area contributed by atoms with Gasteiger partial charge >= 0.3 is 0 Å². The number of primary amides is 1. The van der Waals surface area contributed by atoms with Crippen LogP contribution in [0.3, 0.4) is 0 Å². The summed E-state index contributed by atoms with van der Waals surface area (Å²) in [5.41, 5.74) is 8.13. The predicted octanol–water partition coefficient (Wildman–Crippen LogP) is 2.45. The SMILES string of the molecule is COc1ccc(-c2cc(C(=O)Nc3ccc(C(N)=O)cc3)n(C)n2)cc1. The van der Waals surface area contributed by atoms with Gasteiger partial charge in [0.2, 0.25) is 5.91 Å². The Bertz CT molecular complexity index is 944. The van der Waals surface area contributed by atoms with Crippen LogP contribution >= 0.6 is 0 Å². The lowest BCUT2D eigenvalue weighted by Gasteiger charge is -2.05. The molecule has 7 nitrogen and oxygen atoms in total. The summed E-state index contributed by atoms with van der Waals surface area (Å²) in [4.78, 5) is 23.6. The first-order valence-corrected chi connectivity index (χ1v) is 7.87. The molecule has 2 aromatic carbocycles. The average molecular weight is 350 g/mol. The van der Waals surface area contributed by atoms with Crippen LogP contribution in [-0.2, 0) is 7.05 Å². The van der Waals surface area contributed by atoms with Crippen LogP contribution in [-0.4, -0.2) is 28.7 Å². The minimum Gasteiger partial charge on any atom is -0.497 e. The predicted molar refractivity (Wildman–Crippen MR) is 98.1 cm³/mol. The first-order chi connectivity index (χ1) is 12.5.